The lowest BCUT2D eigenvalue weighted by molar-refractivity contribution is 0.493. The molecule has 0 heteroatoms. The highest BCUT2D eigenvalue weighted by Crippen LogP contribution is 2.45. The van der Waals surface area contributed by atoms with Gasteiger partial charge in [0.2, 0.25) is 0 Å². The zero-order chi connectivity index (χ0) is 10.3. The summed E-state index contributed by atoms with van der Waals surface area (Å²) >= 11 is 0. The Hall–Kier alpha value is 0. The summed E-state index contributed by atoms with van der Waals surface area (Å²) in [7, 11) is 0. The topological polar surface area (TPSA) is 0 Å². The molecular formula is C15H28. The van der Waals surface area contributed by atoms with Crippen LogP contribution in [-0.4, -0.2) is 0 Å². The predicted octanol–water partition coefficient (Wildman–Crippen LogP) is 5.32. The maximum absolute atomic E-state index is 1.58. The molecule has 2 fully saturated rings. The Bertz CT molecular complexity index is 143. The molecule has 2 aliphatic rings. The minimum absolute atomic E-state index is 1.16. The van der Waals surface area contributed by atoms with E-state index in [4.69, 9.17) is 0 Å². The van der Waals surface area contributed by atoms with Gasteiger partial charge in [-0.1, -0.05) is 77.0 Å². The molecule has 15 heavy (non-hydrogen) atoms. The van der Waals surface area contributed by atoms with Gasteiger partial charge in [0.05, 0.1) is 0 Å². The van der Waals surface area contributed by atoms with Crippen molar-refractivity contribution in [3.05, 3.63) is 0 Å². The third-order valence-corrected chi connectivity index (χ3v) is 4.47. The Morgan fingerprint density at radius 1 is 0.400 bits per heavy atom. The second kappa shape index (κ2) is 6.55. The normalized spacial score (nSPS) is 35.2. The smallest absolute Gasteiger partial charge is 0.0383 e. The van der Waals surface area contributed by atoms with Gasteiger partial charge in [-0.15, -0.1) is 0 Å². The molecule has 2 saturated carbocycles. The molecule has 88 valence electrons. The van der Waals surface area contributed by atoms with Crippen LogP contribution in [0.25, 0.3) is 0 Å². The average Bonchev–Trinajstić information content (AvgIpc) is 2.98. The maximum atomic E-state index is 1.58. The summed E-state index contributed by atoms with van der Waals surface area (Å²) in [5, 5.41) is 0. The van der Waals surface area contributed by atoms with Crippen molar-refractivity contribution in [3.8, 4) is 0 Å². The molecule has 0 aromatic rings. The lowest BCUT2D eigenvalue weighted by Gasteiger charge is -2.05. The second-order valence-corrected chi connectivity index (χ2v) is 5.87. The third kappa shape index (κ3) is 4.57. The molecule has 0 N–H and O–H groups in total. The van der Waals surface area contributed by atoms with Crippen molar-refractivity contribution in [3.63, 3.8) is 0 Å². The molecule has 0 amide bonds. The SMILES string of the molecule is C1CCCCCCC2CC2CCCCC1. The highest BCUT2D eigenvalue weighted by Gasteiger charge is 2.34. The minimum Gasteiger partial charge on any atom is -0.0533 e. The molecule has 0 bridgehead atoms. The van der Waals surface area contributed by atoms with Crippen molar-refractivity contribution in [2.45, 2.75) is 83.5 Å². The first-order valence-electron chi connectivity index (χ1n) is 7.47. The lowest BCUT2D eigenvalue weighted by atomic mass is 10.0. The van der Waals surface area contributed by atoms with E-state index in [1.807, 2.05) is 0 Å². The number of fused-ring (bicyclic) bond motifs is 1. The highest BCUT2D eigenvalue weighted by molar-refractivity contribution is 4.85. The molecule has 0 saturated heterocycles. The first kappa shape index (κ1) is 11.5. The van der Waals surface area contributed by atoms with Crippen molar-refractivity contribution >= 4 is 0 Å². The number of rotatable bonds is 0. The maximum Gasteiger partial charge on any atom is -0.0383 e. The Kier molecular flexibility index (Phi) is 5.02. The minimum atomic E-state index is 1.16. The van der Waals surface area contributed by atoms with Gasteiger partial charge < -0.3 is 0 Å². The molecule has 0 aromatic heterocycles. The van der Waals surface area contributed by atoms with E-state index < -0.39 is 0 Å². The van der Waals surface area contributed by atoms with Crippen LogP contribution >= 0.6 is 0 Å². The summed E-state index contributed by atoms with van der Waals surface area (Å²) < 4.78 is 0. The average molecular weight is 208 g/mol. The molecule has 2 atom stereocenters. The van der Waals surface area contributed by atoms with E-state index in [1.165, 1.54) is 64.2 Å². The Morgan fingerprint density at radius 3 is 1.13 bits per heavy atom. The first-order valence-corrected chi connectivity index (χ1v) is 7.47. The quantitative estimate of drug-likeness (QED) is 0.505. The van der Waals surface area contributed by atoms with E-state index in [0.29, 0.717) is 0 Å². The van der Waals surface area contributed by atoms with E-state index in [0.717, 1.165) is 11.8 Å². The van der Waals surface area contributed by atoms with Crippen molar-refractivity contribution in [1.29, 1.82) is 0 Å². The zero-order valence-corrected chi connectivity index (χ0v) is 10.3. The Morgan fingerprint density at radius 2 is 0.733 bits per heavy atom. The molecule has 0 spiro atoms. The molecule has 2 rings (SSSR count). The van der Waals surface area contributed by atoms with Crippen LogP contribution in [0.2, 0.25) is 0 Å². The van der Waals surface area contributed by atoms with E-state index in [1.54, 1.807) is 19.3 Å². The fraction of sp³-hybridized carbons (Fsp3) is 1.00. The Balaban J connectivity index is 1.61. The van der Waals surface area contributed by atoms with Crippen LogP contribution in [0.5, 0.6) is 0 Å². The highest BCUT2D eigenvalue weighted by atomic mass is 14.4. The molecule has 2 aliphatic carbocycles. The standard InChI is InChI=1S/C15H28/c1-2-4-6-8-10-12-15-13-14(15)11-9-7-5-3-1/h14-15H,1-13H2. The van der Waals surface area contributed by atoms with Crippen molar-refractivity contribution < 1.29 is 0 Å². The van der Waals surface area contributed by atoms with Gasteiger partial charge in [-0.05, 0) is 18.3 Å². The molecule has 2 unspecified atom stereocenters. The summed E-state index contributed by atoms with van der Waals surface area (Å²) in [6.45, 7) is 0. The predicted molar refractivity (Wildman–Crippen MR) is 67.0 cm³/mol. The molecule has 0 aromatic carbocycles. The van der Waals surface area contributed by atoms with E-state index in [-0.39, 0.29) is 0 Å². The van der Waals surface area contributed by atoms with Gasteiger partial charge in [0, 0.05) is 0 Å². The van der Waals surface area contributed by atoms with Gasteiger partial charge in [0.1, 0.15) is 0 Å². The zero-order valence-electron chi connectivity index (χ0n) is 10.3. The summed E-state index contributed by atoms with van der Waals surface area (Å²) in [5.74, 6) is 2.32. The van der Waals surface area contributed by atoms with Gasteiger partial charge in [-0.25, -0.2) is 0 Å². The van der Waals surface area contributed by atoms with Crippen molar-refractivity contribution in [2.75, 3.05) is 0 Å². The fourth-order valence-corrected chi connectivity index (χ4v) is 3.24. The van der Waals surface area contributed by atoms with E-state index in [2.05, 4.69) is 0 Å². The monoisotopic (exact) mass is 208 g/mol. The number of hydrogen-bond acceptors (Lipinski definition) is 0. The van der Waals surface area contributed by atoms with Crippen LogP contribution in [0.3, 0.4) is 0 Å². The van der Waals surface area contributed by atoms with Crippen LogP contribution in [0.15, 0.2) is 0 Å². The van der Waals surface area contributed by atoms with Gasteiger partial charge in [-0.2, -0.15) is 0 Å². The Labute approximate surface area is 95.8 Å². The van der Waals surface area contributed by atoms with Crippen LogP contribution in [-0.2, 0) is 0 Å². The van der Waals surface area contributed by atoms with Crippen molar-refractivity contribution in [2.24, 2.45) is 11.8 Å². The van der Waals surface area contributed by atoms with Gasteiger partial charge >= 0.3 is 0 Å². The molecule has 0 nitrogen and oxygen atoms in total. The van der Waals surface area contributed by atoms with Gasteiger partial charge in [0.25, 0.3) is 0 Å². The fourth-order valence-electron chi connectivity index (χ4n) is 3.24. The van der Waals surface area contributed by atoms with Crippen LogP contribution < -0.4 is 0 Å². The lowest BCUT2D eigenvalue weighted by Crippen LogP contribution is -1.88. The second-order valence-electron chi connectivity index (χ2n) is 5.87. The summed E-state index contributed by atoms with van der Waals surface area (Å²) in [5.41, 5.74) is 0. The van der Waals surface area contributed by atoms with E-state index in [9.17, 15) is 0 Å². The largest absolute Gasteiger partial charge is 0.0533 e. The molecular weight excluding hydrogens is 180 g/mol. The first-order chi connectivity index (χ1) is 7.47. The molecule has 0 heterocycles. The van der Waals surface area contributed by atoms with E-state index >= 15 is 0 Å². The molecule has 0 radical (unpaired) electrons. The van der Waals surface area contributed by atoms with Crippen molar-refractivity contribution in [1.82, 2.24) is 0 Å². The van der Waals surface area contributed by atoms with Gasteiger partial charge in [-0.3, -0.25) is 0 Å². The molecule has 0 aliphatic heterocycles. The van der Waals surface area contributed by atoms with Crippen LogP contribution in [0.4, 0.5) is 0 Å². The summed E-state index contributed by atoms with van der Waals surface area (Å²) in [4.78, 5) is 0. The van der Waals surface area contributed by atoms with Gasteiger partial charge in [0.15, 0.2) is 0 Å². The van der Waals surface area contributed by atoms with Crippen LogP contribution in [0.1, 0.15) is 83.5 Å². The van der Waals surface area contributed by atoms with Crippen LogP contribution in [0, 0.1) is 11.8 Å². The summed E-state index contributed by atoms with van der Waals surface area (Å²) in [6, 6.07) is 0. The third-order valence-electron chi connectivity index (χ3n) is 4.47. The number of hydrogen-bond donors (Lipinski definition) is 0. The summed E-state index contributed by atoms with van der Waals surface area (Å²) in [6.07, 6.45) is 19.8.